The van der Waals surface area contributed by atoms with Crippen molar-refractivity contribution in [2.24, 2.45) is 11.7 Å². The van der Waals surface area contributed by atoms with E-state index < -0.39 is 0 Å². The lowest BCUT2D eigenvalue weighted by molar-refractivity contribution is -0.121. The van der Waals surface area contributed by atoms with Gasteiger partial charge in [-0.25, -0.2) is 0 Å². The molecule has 1 atom stereocenters. The molecule has 1 rings (SSSR count). The van der Waals surface area contributed by atoms with Crippen molar-refractivity contribution in [3.05, 3.63) is 34.9 Å². The van der Waals surface area contributed by atoms with Crippen molar-refractivity contribution in [1.82, 2.24) is 5.32 Å². The first-order chi connectivity index (χ1) is 8.11. The highest BCUT2D eigenvalue weighted by Gasteiger charge is 2.06. The van der Waals surface area contributed by atoms with E-state index in [2.05, 4.69) is 5.32 Å². The third-order valence-electron chi connectivity index (χ3n) is 2.56. The Hall–Kier alpha value is -1.06. The summed E-state index contributed by atoms with van der Waals surface area (Å²) in [4.78, 5) is 11.5. The van der Waals surface area contributed by atoms with Crippen molar-refractivity contribution in [3.8, 4) is 0 Å². The van der Waals surface area contributed by atoms with Crippen LogP contribution in [0.1, 0.15) is 18.9 Å². The average Bonchev–Trinajstić information content (AvgIpc) is 2.29. The van der Waals surface area contributed by atoms with Gasteiger partial charge in [-0.05, 0) is 36.6 Å². The van der Waals surface area contributed by atoms with Crippen LogP contribution in [-0.2, 0) is 11.2 Å². The summed E-state index contributed by atoms with van der Waals surface area (Å²) >= 11 is 5.87. The molecular formula is C13H19ClN2O. The Balaban J connectivity index is 2.26. The first kappa shape index (κ1) is 14.0. The summed E-state index contributed by atoms with van der Waals surface area (Å²) in [6.07, 6.45) is 1.29. The summed E-state index contributed by atoms with van der Waals surface area (Å²) in [7, 11) is 0. The van der Waals surface area contributed by atoms with Crippen LogP contribution in [-0.4, -0.2) is 19.0 Å². The minimum absolute atomic E-state index is 0.0602. The highest BCUT2D eigenvalue weighted by molar-refractivity contribution is 6.30. The van der Waals surface area contributed by atoms with Crippen LogP contribution in [0.4, 0.5) is 0 Å². The predicted molar refractivity (Wildman–Crippen MR) is 71.0 cm³/mol. The maximum atomic E-state index is 11.5. The number of hydrogen-bond donors (Lipinski definition) is 2. The van der Waals surface area contributed by atoms with Crippen LogP contribution >= 0.6 is 11.6 Å². The smallest absolute Gasteiger partial charge is 0.220 e. The largest absolute Gasteiger partial charge is 0.356 e. The Bertz CT molecular complexity index is 368. The lowest BCUT2D eigenvalue weighted by atomic mass is 10.1. The molecule has 0 saturated carbocycles. The Morgan fingerprint density at radius 2 is 2.29 bits per heavy atom. The van der Waals surface area contributed by atoms with Crippen molar-refractivity contribution in [3.63, 3.8) is 0 Å². The number of halogens is 1. The van der Waals surface area contributed by atoms with Gasteiger partial charge in [-0.2, -0.15) is 0 Å². The van der Waals surface area contributed by atoms with Gasteiger partial charge in [-0.1, -0.05) is 30.7 Å². The SMILES string of the molecule is CC(CN)CC(=O)NCCc1cccc(Cl)c1. The van der Waals surface area contributed by atoms with E-state index in [9.17, 15) is 4.79 Å². The first-order valence-electron chi connectivity index (χ1n) is 5.83. The molecule has 0 aliphatic rings. The summed E-state index contributed by atoms with van der Waals surface area (Å²) in [5.41, 5.74) is 6.59. The van der Waals surface area contributed by atoms with E-state index in [4.69, 9.17) is 17.3 Å². The molecule has 0 radical (unpaired) electrons. The molecule has 3 nitrogen and oxygen atoms in total. The second kappa shape index (κ2) is 7.30. The lowest BCUT2D eigenvalue weighted by Crippen LogP contribution is -2.28. The molecule has 0 saturated heterocycles. The van der Waals surface area contributed by atoms with Crippen LogP contribution in [0.5, 0.6) is 0 Å². The zero-order chi connectivity index (χ0) is 12.7. The van der Waals surface area contributed by atoms with Gasteiger partial charge in [-0.3, -0.25) is 4.79 Å². The number of amides is 1. The second-order valence-electron chi connectivity index (χ2n) is 4.27. The molecule has 0 spiro atoms. The van der Waals surface area contributed by atoms with Crippen LogP contribution in [0.25, 0.3) is 0 Å². The molecule has 0 aliphatic carbocycles. The Labute approximate surface area is 107 Å². The number of nitrogens with one attached hydrogen (secondary N) is 1. The molecule has 1 aromatic carbocycles. The molecule has 94 valence electrons. The minimum Gasteiger partial charge on any atom is -0.356 e. The van der Waals surface area contributed by atoms with Crippen LogP contribution in [0.2, 0.25) is 5.02 Å². The van der Waals surface area contributed by atoms with Gasteiger partial charge in [0.05, 0.1) is 0 Å². The highest BCUT2D eigenvalue weighted by Crippen LogP contribution is 2.10. The van der Waals surface area contributed by atoms with Gasteiger partial charge in [0.15, 0.2) is 0 Å². The van der Waals surface area contributed by atoms with Crippen molar-refractivity contribution < 1.29 is 4.79 Å². The number of nitrogens with two attached hydrogens (primary N) is 1. The number of carbonyl (C=O) groups is 1. The molecule has 3 N–H and O–H groups in total. The van der Waals surface area contributed by atoms with Crippen LogP contribution in [0.3, 0.4) is 0 Å². The molecule has 4 heteroatoms. The summed E-state index contributed by atoms with van der Waals surface area (Å²) < 4.78 is 0. The molecule has 0 bridgehead atoms. The standard InChI is InChI=1S/C13H19ClN2O/c1-10(9-15)7-13(17)16-6-5-11-3-2-4-12(14)8-11/h2-4,8,10H,5-7,9,15H2,1H3,(H,16,17). The van der Waals surface area contributed by atoms with Crippen molar-refractivity contribution in [2.45, 2.75) is 19.8 Å². The van der Waals surface area contributed by atoms with Crippen LogP contribution in [0, 0.1) is 5.92 Å². The van der Waals surface area contributed by atoms with Gasteiger partial charge in [0.25, 0.3) is 0 Å². The maximum absolute atomic E-state index is 11.5. The van der Waals surface area contributed by atoms with Crippen molar-refractivity contribution in [1.29, 1.82) is 0 Å². The van der Waals surface area contributed by atoms with E-state index in [-0.39, 0.29) is 11.8 Å². The Morgan fingerprint density at radius 1 is 1.53 bits per heavy atom. The number of hydrogen-bond acceptors (Lipinski definition) is 2. The van der Waals surface area contributed by atoms with Gasteiger partial charge < -0.3 is 11.1 Å². The maximum Gasteiger partial charge on any atom is 0.220 e. The molecular weight excluding hydrogens is 236 g/mol. The monoisotopic (exact) mass is 254 g/mol. The zero-order valence-corrected chi connectivity index (χ0v) is 10.8. The molecule has 0 fully saturated rings. The summed E-state index contributed by atoms with van der Waals surface area (Å²) in [6.45, 7) is 3.15. The quantitative estimate of drug-likeness (QED) is 0.816. The predicted octanol–water partition coefficient (Wildman–Crippen LogP) is 1.98. The van der Waals surface area contributed by atoms with Gasteiger partial charge in [-0.15, -0.1) is 0 Å². The van der Waals surface area contributed by atoms with E-state index >= 15 is 0 Å². The fourth-order valence-corrected chi connectivity index (χ4v) is 1.72. The molecule has 1 amide bonds. The lowest BCUT2D eigenvalue weighted by Gasteiger charge is -2.09. The van der Waals surface area contributed by atoms with E-state index in [1.807, 2.05) is 31.2 Å². The topological polar surface area (TPSA) is 55.1 Å². The van der Waals surface area contributed by atoms with Gasteiger partial charge in [0.2, 0.25) is 5.91 Å². The normalized spacial score (nSPS) is 12.2. The van der Waals surface area contributed by atoms with E-state index in [1.165, 1.54) is 0 Å². The molecule has 17 heavy (non-hydrogen) atoms. The van der Waals surface area contributed by atoms with Crippen LogP contribution in [0.15, 0.2) is 24.3 Å². The fourth-order valence-electron chi connectivity index (χ4n) is 1.51. The summed E-state index contributed by atoms with van der Waals surface area (Å²) in [5.74, 6) is 0.297. The number of benzene rings is 1. The van der Waals surface area contributed by atoms with E-state index in [1.54, 1.807) is 0 Å². The first-order valence-corrected chi connectivity index (χ1v) is 6.21. The average molecular weight is 255 g/mol. The molecule has 0 aliphatic heterocycles. The minimum atomic E-state index is 0.0602. The van der Waals surface area contributed by atoms with Crippen molar-refractivity contribution >= 4 is 17.5 Å². The second-order valence-corrected chi connectivity index (χ2v) is 4.71. The Morgan fingerprint density at radius 3 is 2.94 bits per heavy atom. The fraction of sp³-hybridized carbons (Fsp3) is 0.462. The number of carbonyl (C=O) groups excluding carboxylic acids is 1. The molecule has 0 heterocycles. The van der Waals surface area contributed by atoms with Gasteiger partial charge in [0, 0.05) is 18.0 Å². The number of rotatable bonds is 6. The zero-order valence-electron chi connectivity index (χ0n) is 10.1. The molecule has 0 aromatic heterocycles. The van der Waals surface area contributed by atoms with E-state index in [0.29, 0.717) is 19.5 Å². The third-order valence-corrected chi connectivity index (χ3v) is 2.80. The Kier molecular flexibility index (Phi) is 6.01. The van der Waals surface area contributed by atoms with Crippen molar-refractivity contribution in [2.75, 3.05) is 13.1 Å². The van der Waals surface area contributed by atoms with Crippen LogP contribution < -0.4 is 11.1 Å². The van der Waals surface area contributed by atoms with Gasteiger partial charge >= 0.3 is 0 Å². The highest BCUT2D eigenvalue weighted by atomic mass is 35.5. The van der Waals surface area contributed by atoms with Gasteiger partial charge in [0.1, 0.15) is 0 Å². The summed E-state index contributed by atoms with van der Waals surface area (Å²) in [5, 5.41) is 3.61. The molecule has 1 aromatic rings. The summed E-state index contributed by atoms with van der Waals surface area (Å²) in [6, 6.07) is 7.67. The van der Waals surface area contributed by atoms with E-state index in [0.717, 1.165) is 17.0 Å². The third kappa shape index (κ3) is 5.71. The molecule has 1 unspecified atom stereocenters.